The molecule has 1 aliphatic heterocycles. The van der Waals surface area contributed by atoms with Crippen LogP contribution in [0.4, 0.5) is 4.79 Å². The van der Waals surface area contributed by atoms with Crippen LogP contribution in [0.25, 0.3) is 0 Å². The second kappa shape index (κ2) is 5.71. The summed E-state index contributed by atoms with van der Waals surface area (Å²) in [6, 6.07) is 0.238. The molecule has 1 heterocycles. The Labute approximate surface area is 104 Å². The first kappa shape index (κ1) is 14.3. The van der Waals surface area contributed by atoms with Gasteiger partial charge >= 0.3 is 6.09 Å². The number of likely N-dealkylation sites (tertiary alicyclic amines) is 1. The molecule has 1 amide bonds. The molecule has 4 heteroatoms. The van der Waals surface area contributed by atoms with E-state index in [-0.39, 0.29) is 12.1 Å². The summed E-state index contributed by atoms with van der Waals surface area (Å²) in [5, 5.41) is 0. The maximum Gasteiger partial charge on any atom is 0.410 e. The Morgan fingerprint density at radius 1 is 1.47 bits per heavy atom. The Bertz CT molecular complexity index is 259. The van der Waals surface area contributed by atoms with Crippen molar-refractivity contribution in [1.82, 2.24) is 4.90 Å². The molecule has 100 valence electrons. The smallest absolute Gasteiger partial charge is 0.410 e. The Hall–Kier alpha value is -0.770. The monoisotopic (exact) mass is 242 g/mol. The van der Waals surface area contributed by atoms with Gasteiger partial charge in [-0.3, -0.25) is 0 Å². The number of piperidine rings is 1. The molecule has 1 fully saturated rings. The van der Waals surface area contributed by atoms with Crippen molar-refractivity contribution in [3.8, 4) is 0 Å². The number of nitrogens with two attached hydrogens (primary N) is 1. The third-order valence-corrected chi connectivity index (χ3v) is 3.31. The molecule has 0 radical (unpaired) electrons. The molecule has 2 atom stereocenters. The molecule has 0 aromatic rings. The van der Waals surface area contributed by atoms with E-state index in [1.165, 1.54) is 0 Å². The second-order valence-corrected chi connectivity index (χ2v) is 5.89. The molecule has 1 saturated heterocycles. The van der Waals surface area contributed by atoms with Crippen molar-refractivity contribution in [3.63, 3.8) is 0 Å². The van der Waals surface area contributed by atoms with Crippen molar-refractivity contribution in [2.75, 3.05) is 13.1 Å². The van der Waals surface area contributed by atoms with Crippen LogP contribution in [0.1, 0.15) is 47.0 Å². The minimum Gasteiger partial charge on any atom is -0.444 e. The largest absolute Gasteiger partial charge is 0.444 e. The number of hydrogen-bond donors (Lipinski definition) is 1. The minimum absolute atomic E-state index is 0.188. The highest BCUT2D eigenvalue weighted by Gasteiger charge is 2.33. The van der Waals surface area contributed by atoms with Crippen LogP contribution in [-0.4, -0.2) is 35.7 Å². The van der Waals surface area contributed by atoms with Gasteiger partial charge in [0.2, 0.25) is 0 Å². The van der Waals surface area contributed by atoms with Crippen molar-refractivity contribution in [1.29, 1.82) is 0 Å². The van der Waals surface area contributed by atoms with Gasteiger partial charge in [0.1, 0.15) is 5.60 Å². The van der Waals surface area contributed by atoms with E-state index in [4.69, 9.17) is 10.5 Å². The average molecular weight is 242 g/mol. The van der Waals surface area contributed by atoms with Crippen molar-refractivity contribution in [3.05, 3.63) is 0 Å². The van der Waals surface area contributed by atoms with Gasteiger partial charge in [0.25, 0.3) is 0 Å². The maximum absolute atomic E-state index is 12.0. The summed E-state index contributed by atoms with van der Waals surface area (Å²) in [4.78, 5) is 13.9. The summed E-state index contributed by atoms with van der Waals surface area (Å²) in [7, 11) is 0. The van der Waals surface area contributed by atoms with E-state index < -0.39 is 5.60 Å². The van der Waals surface area contributed by atoms with Crippen LogP contribution in [0.3, 0.4) is 0 Å². The highest BCUT2D eigenvalue weighted by atomic mass is 16.6. The summed E-state index contributed by atoms with van der Waals surface area (Å²) in [6.45, 7) is 9.29. The van der Waals surface area contributed by atoms with Crippen molar-refractivity contribution >= 4 is 6.09 Å². The van der Waals surface area contributed by atoms with E-state index in [0.29, 0.717) is 12.5 Å². The van der Waals surface area contributed by atoms with Crippen LogP contribution in [-0.2, 0) is 4.74 Å². The van der Waals surface area contributed by atoms with Crippen molar-refractivity contribution < 1.29 is 9.53 Å². The molecular formula is C13H26N2O2. The maximum atomic E-state index is 12.0. The second-order valence-electron chi connectivity index (χ2n) is 5.89. The van der Waals surface area contributed by atoms with E-state index in [2.05, 4.69) is 6.92 Å². The predicted octanol–water partition coefficient (Wildman–Crippen LogP) is 2.37. The molecule has 0 bridgehead atoms. The highest BCUT2D eigenvalue weighted by Crippen LogP contribution is 2.27. The molecule has 0 spiro atoms. The molecule has 0 saturated carbocycles. The lowest BCUT2D eigenvalue weighted by Gasteiger charge is -2.39. The fourth-order valence-corrected chi connectivity index (χ4v) is 2.40. The van der Waals surface area contributed by atoms with E-state index in [1.54, 1.807) is 0 Å². The summed E-state index contributed by atoms with van der Waals surface area (Å²) in [6.07, 6.45) is 3.01. The third-order valence-electron chi connectivity index (χ3n) is 3.31. The minimum atomic E-state index is -0.419. The average Bonchev–Trinajstić information content (AvgIpc) is 2.18. The summed E-state index contributed by atoms with van der Waals surface area (Å²) < 4.78 is 5.43. The van der Waals surface area contributed by atoms with Crippen molar-refractivity contribution in [2.45, 2.75) is 58.6 Å². The molecule has 0 aromatic carbocycles. The number of amides is 1. The number of carbonyl (C=O) groups excluding carboxylic acids is 1. The van der Waals surface area contributed by atoms with Crippen LogP contribution in [0.2, 0.25) is 0 Å². The zero-order valence-electron chi connectivity index (χ0n) is 11.5. The molecule has 2 N–H and O–H groups in total. The van der Waals surface area contributed by atoms with E-state index >= 15 is 0 Å². The Balaban J connectivity index is 2.60. The molecule has 1 aliphatic rings. The normalized spacial score (nSPS) is 25.8. The van der Waals surface area contributed by atoms with Crippen LogP contribution < -0.4 is 5.73 Å². The summed E-state index contributed by atoms with van der Waals surface area (Å²) >= 11 is 0. The predicted molar refractivity (Wildman–Crippen MR) is 68.8 cm³/mol. The first-order valence-electron chi connectivity index (χ1n) is 6.55. The molecular weight excluding hydrogens is 216 g/mol. The Kier molecular flexibility index (Phi) is 4.80. The molecule has 2 unspecified atom stereocenters. The fraction of sp³-hybridized carbons (Fsp3) is 0.923. The van der Waals surface area contributed by atoms with Crippen LogP contribution in [0.5, 0.6) is 0 Å². The SMILES string of the molecule is CC1C(CCN)CCCN1C(=O)OC(C)(C)C. The van der Waals surface area contributed by atoms with Gasteiger partial charge in [0, 0.05) is 12.6 Å². The van der Waals surface area contributed by atoms with Gasteiger partial charge in [-0.2, -0.15) is 0 Å². The van der Waals surface area contributed by atoms with E-state index in [9.17, 15) is 4.79 Å². The van der Waals surface area contributed by atoms with E-state index in [0.717, 1.165) is 25.8 Å². The van der Waals surface area contributed by atoms with Gasteiger partial charge in [-0.15, -0.1) is 0 Å². The topological polar surface area (TPSA) is 55.6 Å². The quantitative estimate of drug-likeness (QED) is 0.808. The van der Waals surface area contributed by atoms with Gasteiger partial charge in [-0.05, 0) is 59.4 Å². The summed E-state index contributed by atoms with van der Waals surface area (Å²) in [5.74, 6) is 0.515. The lowest BCUT2D eigenvalue weighted by atomic mass is 9.88. The van der Waals surface area contributed by atoms with Crippen LogP contribution in [0, 0.1) is 5.92 Å². The number of hydrogen-bond acceptors (Lipinski definition) is 3. The number of carbonyl (C=O) groups is 1. The third kappa shape index (κ3) is 4.19. The van der Waals surface area contributed by atoms with Crippen LogP contribution >= 0.6 is 0 Å². The lowest BCUT2D eigenvalue weighted by Crippen LogP contribution is -2.49. The Morgan fingerprint density at radius 2 is 2.12 bits per heavy atom. The number of nitrogens with zero attached hydrogens (tertiary/aromatic N) is 1. The molecule has 1 rings (SSSR count). The first-order valence-corrected chi connectivity index (χ1v) is 6.55. The van der Waals surface area contributed by atoms with Crippen molar-refractivity contribution in [2.24, 2.45) is 11.7 Å². The fourth-order valence-electron chi connectivity index (χ4n) is 2.40. The van der Waals surface area contributed by atoms with Gasteiger partial charge in [-0.25, -0.2) is 4.79 Å². The van der Waals surface area contributed by atoms with Gasteiger partial charge in [0.05, 0.1) is 0 Å². The zero-order chi connectivity index (χ0) is 13.1. The highest BCUT2D eigenvalue weighted by molar-refractivity contribution is 5.68. The van der Waals surface area contributed by atoms with E-state index in [1.807, 2.05) is 25.7 Å². The molecule has 4 nitrogen and oxygen atoms in total. The molecule has 0 aromatic heterocycles. The zero-order valence-corrected chi connectivity index (χ0v) is 11.5. The van der Waals surface area contributed by atoms with Gasteiger partial charge < -0.3 is 15.4 Å². The summed E-state index contributed by atoms with van der Waals surface area (Å²) in [5.41, 5.74) is 5.19. The first-order chi connectivity index (χ1) is 7.85. The molecule has 17 heavy (non-hydrogen) atoms. The number of ether oxygens (including phenoxy) is 1. The molecule has 0 aliphatic carbocycles. The Morgan fingerprint density at radius 3 is 2.65 bits per heavy atom. The van der Waals surface area contributed by atoms with Gasteiger partial charge in [0.15, 0.2) is 0 Å². The van der Waals surface area contributed by atoms with Gasteiger partial charge in [-0.1, -0.05) is 0 Å². The van der Waals surface area contributed by atoms with Crippen LogP contribution in [0.15, 0.2) is 0 Å². The standard InChI is InChI=1S/C13H26N2O2/c1-10-11(7-8-14)6-5-9-15(10)12(16)17-13(2,3)4/h10-11H,5-9,14H2,1-4H3. The number of rotatable bonds is 2. The lowest BCUT2D eigenvalue weighted by molar-refractivity contribution is 0.00252.